The van der Waals surface area contributed by atoms with Crippen molar-refractivity contribution in [1.82, 2.24) is 24.6 Å². The molecule has 0 unspecified atom stereocenters. The van der Waals surface area contributed by atoms with Crippen molar-refractivity contribution >= 4 is 5.91 Å². The third-order valence-corrected chi connectivity index (χ3v) is 5.27. The van der Waals surface area contributed by atoms with Gasteiger partial charge >= 0.3 is 0 Å². The molecule has 0 aliphatic carbocycles. The van der Waals surface area contributed by atoms with Crippen LogP contribution in [0.1, 0.15) is 18.4 Å². The Kier molecular flexibility index (Phi) is 6.18. The van der Waals surface area contributed by atoms with Crippen LogP contribution in [0.25, 0.3) is 0 Å². The Hall–Kier alpha value is -2.45. The third-order valence-electron chi connectivity index (χ3n) is 5.27. The topological polar surface area (TPSA) is 72.7 Å². The number of carbonyl (C=O) groups excluding carboxylic acids is 1. The van der Waals surface area contributed by atoms with Crippen LogP contribution < -0.4 is 4.74 Å². The summed E-state index contributed by atoms with van der Waals surface area (Å²) in [6.45, 7) is 6.18. The van der Waals surface area contributed by atoms with Crippen molar-refractivity contribution in [2.75, 3.05) is 39.4 Å². The van der Waals surface area contributed by atoms with Crippen molar-refractivity contribution in [3.63, 3.8) is 0 Å². The second-order valence-electron chi connectivity index (χ2n) is 7.33. The Morgan fingerprint density at radius 2 is 2.00 bits per heavy atom. The fourth-order valence-corrected chi connectivity index (χ4v) is 3.70. The molecule has 2 aliphatic rings. The SMILES string of the molecule is O=C(Cn1cncn1)N1CCC(Oc2cccc(CN3CCOCC3)c2)CC1. The summed E-state index contributed by atoms with van der Waals surface area (Å²) in [6, 6.07) is 8.36. The van der Waals surface area contributed by atoms with E-state index in [0.717, 1.165) is 51.4 Å². The van der Waals surface area contributed by atoms with Gasteiger partial charge in [0.15, 0.2) is 0 Å². The molecule has 1 aromatic heterocycles. The van der Waals surface area contributed by atoms with Gasteiger partial charge in [-0.25, -0.2) is 9.67 Å². The number of rotatable bonds is 6. The Labute approximate surface area is 165 Å². The number of amides is 1. The molecule has 3 heterocycles. The fourth-order valence-electron chi connectivity index (χ4n) is 3.70. The van der Waals surface area contributed by atoms with Crippen LogP contribution in [-0.4, -0.2) is 76.0 Å². The van der Waals surface area contributed by atoms with E-state index in [4.69, 9.17) is 9.47 Å². The van der Waals surface area contributed by atoms with Crippen LogP contribution in [0.3, 0.4) is 0 Å². The zero-order valence-corrected chi connectivity index (χ0v) is 16.1. The van der Waals surface area contributed by atoms with Gasteiger partial charge in [-0.15, -0.1) is 0 Å². The van der Waals surface area contributed by atoms with Gasteiger partial charge in [-0.3, -0.25) is 9.69 Å². The molecule has 0 spiro atoms. The van der Waals surface area contributed by atoms with Gasteiger partial charge in [-0.05, 0) is 17.7 Å². The van der Waals surface area contributed by atoms with Gasteiger partial charge in [0.05, 0.1) is 13.2 Å². The van der Waals surface area contributed by atoms with E-state index in [2.05, 4.69) is 33.2 Å². The molecule has 2 aromatic rings. The molecule has 4 rings (SSSR count). The number of benzene rings is 1. The van der Waals surface area contributed by atoms with E-state index in [-0.39, 0.29) is 18.6 Å². The van der Waals surface area contributed by atoms with Crippen molar-refractivity contribution in [2.24, 2.45) is 0 Å². The molecule has 2 saturated heterocycles. The first-order valence-electron chi connectivity index (χ1n) is 9.92. The second kappa shape index (κ2) is 9.16. The van der Waals surface area contributed by atoms with Crippen molar-refractivity contribution in [1.29, 1.82) is 0 Å². The third kappa shape index (κ3) is 5.08. The summed E-state index contributed by atoms with van der Waals surface area (Å²) in [5.74, 6) is 0.995. The summed E-state index contributed by atoms with van der Waals surface area (Å²) in [4.78, 5) is 20.5. The highest BCUT2D eigenvalue weighted by atomic mass is 16.5. The lowest BCUT2D eigenvalue weighted by Crippen LogP contribution is -2.43. The smallest absolute Gasteiger partial charge is 0.244 e. The van der Waals surface area contributed by atoms with Crippen LogP contribution in [0.15, 0.2) is 36.9 Å². The van der Waals surface area contributed by atoms with Crippen molar-refractivity contribution in [2.45, 2.75) is 32.0 Å². The number of nitrogens with zero attached hydrogens (tertiary/aromatic N) is 5. The first-order valence-corrected chi connectivity index (χ1v) is 9.92. The van der Waals surface area contributed by atoms with Crippen LogP contribution in [-0.2, 0) is 22.6 Å². The van der Waals surface area contributed by atoms with Gasteiger partial charge in [0.2, 0.25) is 5.91 Å². The van der Waals surface area contributed by atoms with Gasteiger partial charge < -0.3 is 14.4 Å². The molecule has 0 radical (unpaired) electrons. The molecule has 1 amide bonds. The lowest BCUT2D eigenvalue weighted by molar-refractivity contribution is -0.133. The largest absolute Gasteiger partial charge is 0.490 e. The molecule has 150 valence electrons. The maximum Gasteiger partial charge on any atom is 0.244 e. The number of aromatic nitrogens is 3. The predicted octanol–water partition coefficient (Wildman–Crippen LogP) is 1.18. The van der Waals surface area contributed by atoms with E-state index >= 15 is 0 Å². The molecular weight excluding hydrogens is 358 g/mol. The van der Waals surface area contributed by atoms with E-state index < -0.39 is 0 Å². The van der Waals surface area contributed by atoms with Crippen molar-refractivity contribution in [3.05, 3.63) is 42.5 Å². The summed E-state index contributed by atoms with van der Waals surface area (Å²) < 4.78 is 13.2. The summed E-state index contributed by atoms with van der Waals surface area (Å²) in [6.07, 6.45) is 4.85. The number of morpholine rings is 1. The molecule has 0 N–H and O–H groups in total. The number of hydrogen-bond acceptors (Lipinski definition) is 6. The van der Waals surface area contributed by atoms with Crippen LogP contribution >= 0.6 is 0 Å². The van der Waals surface area contributed by atoms with E-state index in [1.165, 1.54) is 11.9 Å². The lowest BCUT2D eigenvalue weighted by atomic mass is 10.1. The molecular formula is C20H27N5O3. The van der Waals surface area contributed by atoms with E-state index in [1.54, 1.807) is 11.0 Å². The van der Waals surface area contributed by atoms with Crippen LogP contribution in [0.4, 0.5) is 0 Å². The maximum absolute atomic E-state index is 12.3. The van der Waals surface area contributed by atoms with Crippen LogP contribution in [0.2, 0.25) is 0 Å². The summed E-state index contributed by atoms with van der Waals surface area (Å²) in [5, 5.41) is 3.99. The Morgan fingerprint density at radius 1 is 1.18 bits per heavy atom. The average molecular weight is 385 g/mol. The summed E-state index contributed by atoms with van der Waals surface area (Å²) in [5.41, 5.74) is 1.26. The number of carbonyl (C=O) groups is 1. The first kappa shape index (κ1) is 18.9. The minimum atomic E-state index is 0.0801. The van der Waals surface area contributed by atoms with Gasteiger partial charge in [0, 0.05) is 45.6 Å². The van der Waals surface area contributed by atoms with E-state index in [9.17, 15) is 4.79 Å². The molecule has 0 saturated carbocycles. The predicted molar refractivity (Wildman–Crippen MR) is 103 cm³/mol. The molecule has 2 fully saturated rings. The van der Waals surface area contributed by atoms with Crippen molar-refractivity contribution in [3.8, 4) is 5.75 Å². The molecule has 28 heavy (non-hydrogen) atoms. The molecule has 1 aromatic carbocycles. The van der Waals surface area contributed by atoms with Crippen LogP contribution in [0, 0.1) is 0 Å². The Bertz CT molecular complexity index is 753. The molecule has 2 aliphatic heterocycles. The van der Waals surface area contributed by atoms with Crippen LogP contribution in [0.5, 0.6) is 5.75 Å². The maximum atomic E-state index is 12.3. The van der Waals surface area contributed by atoms with E-state index in [0.29, 0.717) is 13.1 Å². The normalized spacial score (nSPS) is 18.9. The Morgan fingerprint density at radius 3 is 2.75 bits per heavy atom. The molecule has 0 bridgehead atoms. The minimum Gasteiger partial charge on any atom is -0.490 e. The van der Waals surface area contributed by atoms with Crippen molar-refractivity contribution < 1.29 is 14.3 Å². The highest BCUT2D eigenvalue weighted by Gasteiger charge is 2.24. The van der Waals surface area contributed by atoms with Gasteiger partial charge in [0.25, 0.3) is 0 Å². The quantitative estimate of drug-likeness (QED) is 0.744. The monoisotopic (exact) mass is 385 g/mol. The average Bonchev–Trinajstić information content (AvgIpc) is 3.23. The second-order valence-corrected chi connectivity index (χ2v) is 7.33. The molecule has 8 heteroatoms. The Balaban J connectivity index is 1.25. The standard InChI is InChI=1S/C20H27N5O3/c26-20(14-25-16-21-15-22-25)24-6-4-18(5-7-24)28-19-3-1-2-17(12-19)13-23-8-10-27-11-9-23/h1-3,12,15-16,18H,4-11,13-14H2. The molecule has 8 nitrogen and oxygen atoms in total. The van der Waals surface area contributed by atoms with Gasteiger partial charge in [0.1, 0.15) is 31.1 Å². The number of hydrogen-bond donors (Lipinski definition) is 0. The summed E-state index contributed by atoms with van der Waals surface area (Å²) >= 11 is 0. The van der Waals surface area contributed by atoms with Gasteiger partial charge in [-0.2, -0.15) is 5.10 Å². The highest BCUT2D eigenvalue weighted by molar-refractivity contribution is 5.75. The number of ether oxygens (including phenoxy) is 2. The minimum absolute atomic E-state index is 0.0801. The fraction of sp³-hybridized carbons (Fsp3) is 0.550. The highest BCUT2D eigenvalue weighted by Crippen LogP contribution is 2.21. The van der Waals surface area contributed by atoms with Gasteiger partial charge in [-0.1, -0.05) is 12.1 Å². The number of likely N-dealkylation sites (tertiary alicyclic amines) is 1. The molecule has 0 atom stereocenters. The lowest BCUT2D eigenvalue weighted by Gasteiger charge is -2.32. The zero-order valence-electron chi connectivity index (χ0n) is 16.1. The first-order chi connectivity index (χ1) is 13.8. The zero-order chi connectivity index (χ0) is 19.2. The summed E-state index contributed by atoms with van der Waals surface area (Å²) in [7, 11) is 0. The number of piperidine rings is 1. The van der Waals surface area contributed by atoms with E-state index in [1.807, 2.05) is 11.0 Å².